The maximum absolute atomic E-state index is 14.9. The molecule has 0 aliphatic heterocycles. The van der Waals surface area contributed by atoms with Crippen molar-refractivity contribution in [2.75, 3.05) is 213 Å². The number of amides is 4. The van der Waals surface area contributed by atoms with Gasteiger partial charge in [0.25, 0.3) is 17.7 Å². The molecule has 0 fully saturated rings. The zero-order valence-electron chi connectivity index (χ0n) is 69.3. The largest absolute Gasteiger partial charge is 0.504 e. The fraction of sp³-hybridized carbons (Fsp3) is 0.607. The Kier molecular flexibility index (Phi) is 48.6. The van der Waals surface area contributed by atoms with Crippen molar-refractivity contribution in [2.24, 2.45) is 5.41 Å². The molecule has 0 bridgehead atoms. The smallest absolute Gasteiger partial charge is 0.323 e. The van der Waals surface area contributed by atoms with Crippen molar-refractivity contribution in [3.8, 4) is 51.7 Å². The molecule has 640 valence electrons. The van der Waals surface area contributed by atoms with Crippen LogP contribution >= 0.6 is 0 Å². The molecular weight excluding hydrogens is 1480 g/mol. The van der Waals surface area contributed by atoms with Crippen molar-refractivity contribution in [1.29, 1.82) is 0 Å². The number of carbonyl (C=O) groups is 5. The van der Waals surface area contributed by atoms with Crippen LogP contribution in [0.2, 0.25) is 0 Å². The lowest BCUT2D eigenvalue weighted by atomic mass is 9.74. The molecule has 0 unspecified atom stereocenters. The van der Waals surface area contributed by atoms with E-state index in [4.69, 9.17) is 80.5 Å². The molecule has 0 aliphatic carbocycles. The zero-order valence-corrected chi connectivity index (χ0v) is 69.3. The van der Waals surface area contributed by atoms with Gasteiger partial charge in [-0.25, -0.2) is 0 Å². The van der Waals surface area contributed by atoms with Crippen LogP contribution in [0.15, 0.2) is 92.0 Å². The number of methoxy groups -OCH3 is 4. The number of nitrogens with one attached hydrogen (secondary N) is 5. The second kappa shape index (κ2) is 56.7. The highest BCUT2D eigenvalue weighted by atomic mass is 16.6. The molecule has 0 spiro atoms. The highest BCUT2D eigenvalue weighted by molar-refractivity contribution is 5.98. The number of ether oxygens (including phenoxy) is 17. The quantitative estimate of drug-likeness (QED) is 0.00938. The van der Waals surface area contributed by atoms with Crippen molar-refractivity contribution in [1.82, 2.24) is 31.5 Å². The zero-order chi connectivity index (χ0) is 83.3. The van der Waals surface area contributed by atoms with E-state index < -0.39 is 23.3 Å². The van der Waals surface area contributed by atoms with Gasteiger partial charge >= 0.3 is 5.97 Å². The maximum Gasteiger partial charge on any atom is 0.323 e. The Hall–Kier alpha value is -8.53. The molecule has 114 heavy (non-hydrogen) atoms. The van der Waals surface area contributed by atoms with Gasteiger partial charge in [-0.15, -0.1) is 13.2 Å². The number of esters is 1. The summed E-state index contributed by atoms with van der Waals surface area (Å²) in [5.74, 6) is -0.547. The predicted octanol–water partition coefficient (Wildman–Crippen LogP) is 8.88. The van der Waals surface area contributed by atoms with Gasteiger partial charge in [0.15, 0.2) is 46.0 Å². The number of para-hydroxylation sites is 2. The van der Waals surface area contributed by atoms with Gasteiger partial charge in [0.05, 0.1) is 156 Å². The summed E-state index contributed by atoms with van der Waals surface area (Å²) in [5.41, 5.74) is -0.0301. The predicted molar refractivity (Wildman–Crippen MR) is 433 cm³/mol. The Labute approximate surface area is 674 Å². The van der Waals surface area contributed by atoms with Crippen molar-refractivity contribution < 1.29 is 115 Å². The number of unbranched alkanes of at least 4 members (excludes halogenated alkanes) is 1. The first-order valence-corrected chi connectivity index (χ1v) is 39.2. The second-order valence-corrected chi connectivity index (χ2v) is 28.3. The molecule has 0 saturated carbocycles. The minimum absolute atomic E-state index is 0.000674. The van der Waals surface area contributed by atoms with Gasteiger partial charge in [-0.05, 0) is 167 Å². The third-order valence-electron chi connectivity index (χ3n) is 17.4. The SMILES string of the molecule is C=CCN(CC=C)[C@@H](Cc1ccc(O)c(O)c1)C(=O)OCCOCCOc1c(OCCOCCOCCOCCOC(C)(C)C)cc(C(=O)NCCCCNC(=O)C(CCCNC)(CCCNC(=O)c2cccc(OC)c2OC)CCCNC(=O)c2cccc(OC)c2OC)cc1OCCOCCOCCOCCOC(C)(C)C. The monoisotopic (exact) mass is 1610 g/mol. The van der Waals surface area contributed by atoms with E-state index >= 15 is 0 Å². The van der Waals surface area contributed by atoms with Crippen LogP contribution in [0.4, 0.5) is 0 Å². The average molecular weight is 1610 g/mol. The third-order valence-corrected chi connectivity index (χ3v) is 17.4. The molecule has 0 radical (unpaired) electrons. The summed E-state index contributed by atoms with van der Waals surface area (Å²) in [4.78, 5) is 71.9. The molecule has 0 saturated heterocycles. The van der Waals surface area contributed by atoms with E-state index in [0.717, 1.165) is 0 Å². The fourth-order valence-corrected chi connectivity index (χ4v) is 11.8. The van der Waals surface area contributed by atoms with Crippen LogP contribution in [0.5, 0.6) is 51.7 Å². The number of benzene rings is 4. The lowest BCUT2D eigenvalue weighted by Crippen LogP contribution is -2.44. The molecule has 4 amide bonds. The van der Waals surface area contributed by atoms with E-state index in [1.807, 2.05) is 53.5 Å². The lowest BCUT2D eigenvalue weighted by Gasteiger charge is -2.33. The molecule has 4 rings (SSSR count). The summed E-state index contributed by atoms with van der Waals surface area (Å²) < 4.78 is 98.6. The van der Waals surface area contributed by atoms with Crippen LogP contribution in [-0.4, -0.2) is 275 Å². The number of rotatable bonds is 66. The number of hydrogen-bond acceptors (Lipinski definition) is 26. The number of hydrogen-bond donors (Lipinski definition) is 7. The van der Waals surface area contributed by atoms with Crippen LogP contribution < -0.4 is 59.7 Å². The summed E-state index contributed by atoms with van der Waals surface area (Å²) >= 11 is 0. The molecule has 30 nitrogen and oxygen atoms in total. The van der Waals surface area contributed by atoms with Gasteiger partial charge in [-0.3, -0.25) is 28.9 Å². The molecule has 0 heterocycles. The minimum Gasteiger partial charge on any atom is -0.504 e. The number of nitrogens with zero attached hydrogens (tertiary/aromatic N) is 1. The second-order valence-electron chi connectivity index (χ2n) is 28.3. The van der Waals surface area contributed by atoms with E-state index in [1.165, 1.54) is 40.6 Å². The summed E-state index contributed by atoms with van der Waals surface area (Å²) in [6, 6.07) is 16.8. The Morgan fingerprint density at radius 3 is 1.26 bits per heavy atom. The fourth-order valence-electron chi connectivity index (χ4n) is 11.8. The highest BCUT2D eigenvalue weighted by Gasteiger charge is 2.37. The summed E-state index contributed by atoms with van der Waals surface area (Å²) in [7, 11) is 7.79. The van der Waals surface area contributed by atoms with Gasteiger partial charge in [0.2, 0.25) is 11.7 Å². The van der Waals surface area contributed by atoms with Gasteiger partial charge in [0, 0.05) is 50.2 Å². The summed E-state index contributed by atoms with van der Waals surface area (Å²) in [6.45, 7) is 26.6. The van der Waals surface area contributed by atoms with Gasteiger partial charge < -0.3 is 117 Å². The van der Waals surface area contributed by atoms with Crippen molar-refractivity contribution in [2.45, 2.75) is 117 Å². The normalized spacial score (nSPS) is 11.9. The highest BCUT2D eigenvalue weighted by Crippen LogP contribution is 2.40. The topological polar surface area (TPSA) is 346 Å². The van der Waals surface area contributed by atoms with Crippen LogP contribution in [0.3, 0.4) is 0 Å². The standard InChI is InChI=1S/C84H130N6O24/c1-14-37-90(38-15-2)67(59-63-27-28-68(91)69(92)60-63)80(96)112-56-50-108-49-55-111-76-72(109-53-47-104-43-39-102-41-45-106-51-57-113-82(3,4)5)61-64(62-73(76)110-54-48-105-44-40-103-42-46-107-52-58-114-83(6,7)8)77(93)86-33-16-17-34-89-81(97)84(29-20-32-85-9,30-21-35-87-78(94)65-23-18-25-70(98-10)74(65)100-12)31-22-36-88-79(95)66-24-19-26-71(99-11)75(66)101-13/h14-15,18-19,23-28,60-62,67,85,91-92H,1-2,16-17,20-22,29-59H2,3-13H3,(H,86,93)(H,87,94)(H,88,95)(H,89,97)/t67-/m0/s1. The van der Waals surface area contributed by atoms with E-state index in [0.29, 0.717) is 177 Å². The Morgan fingerprint density at radius 2 is 0.842 bits per heavy atom. The van der Waals surface area contributed by atoms with Crippen molar-refractivity contribution >= 4 is 29.6 Å². The number of phenolic OH excluding ortho intramolecular Hbond substituents is 2. The van der Waals surface area contributed by atoms with Crippen LogP contribution in [-0.2, 0) is 63.4 Å². The number of aromatic hydroxyl groups is 2. The Balaban J connectivity index is 1.52. The average Bonchev–Trinajstić information content (AvgIpc) is 0.832. The van der Waals surface area contributed by atoms with Crippen LogP contribution in [0, 0.1) is 5.41 Å². The van der Waals surface area contributed by atoms with E-state index in [-0.39, 0.29) is 162 Å². The molecule has 4 aromatic rings. The van der Waals surface area contributed by atoms with E-state index in [2.05, 4.69) is 39.7 Å². The van der Waals surface area contributed by atoms with E-state index in [9.17, 15) is 34.2 Å². The van der Waals surface area contributed by atoms with Gasteiger partial charge in [0.1, 0.15) is 32.5 Å². The Bertz CT molecular complexity index is 3280. The molecule has 0 aliphatic rings. The lowest BCUT2D eigenvalue weighted by molar-refractivity contribution is -0.151. The van der Waals surface area contributed by atoms with Crippen molar-refractivity contribution in [3.63, 3.8) is 0 Å². The number of phenols is 2. The van der Waals surface area contributed by atoms with Crippen LogP contribution in [0.1, 0.15) is 130 Å². The third kappa shape index (κ3) is 38.7. The molecular formula is C84H130N6O24. The summed E-state index contributed by atoms with van der Waals surface area (Å²) in [6.07, 6.45) is 7.34. The Morgan fingerprint density at radius 1 is 0.439 bits per heavy atom. The molecule has 1 atom stereocenters. The van der Waals surface area contributed by atoms with E-state index in [1.54, 1.807) is 66.7 Å². The molecule has 30 heteroatoms. The molecule has 7 N–H and O–H groups in total. The first-order chi connectivity index (χ1) is 55.0. The maximum atomic E-state index is 14.9. The van der Waals surface area contributed by atoms with Gasteiger partial charge in [-0.2, -0.15) is 0 Å². The molecule has 0 aromatic heterocycles. The number of carbonyl (C=O) groups excluding carboxylic acids is 5. The van der Waals surface area contributed by atoms with Crippen LogP contribution in [0.25, 0.3) is 0 Å². The van der Waals surface area contributed by atoms with Gasteiger partial charge in [-0.1, -0.05) is 30.4 Å². The first kappa shape index (κ1) is 97.8. The van der Waals surface area contributed by atoms with Crippen molar-refractivity contribution in [3.05, 3.63) is 114 Å². The first-order valence-electron chi connectivity index (χ1n) is 39.2. The molecule has 4 aromatic carbocycles. The minimum atomic E-state index is -0.910. The summed E-state index contributed by atoms with van der Waals surface area (Å²) in [5, 5.41) is 35.6.